The molecule has 1 unspecified atom stereocenters. The van der Waals surface area contributed by atoms with Crippen molar-refractivity contribution >= 4 is 11.9 Å². The first kappa shape index (κ1) is 14.9. The van der Waals surface area contributed by atoms with Crippen molar-refractivity contribution in [1.82, 2.24) is 5.32 Å². The normalized spacial score (nSPS) is 22.0. The molecule has 118 valence electrons. The van der Waals surface area contributed by atoms with E-state index in [1.54, 1.807) is 0 Å². The summed E-state index contributed by atoms with van der Waals surface area (Å²) >= 11 is 0. The van der Waals surface area contributed by atoms with Gasteiger partial charge in [0.15, 0.2) is 6.10 Å². The zero-order valence-corrected chi connectivity index (χ0v) is 12.9. The molecule has 1 fully saturated rings. The molecule has 1 aromatic carbocycles. The minimum Gasteiger partial charge on any atom is -0.480 e. The standard InChI is InChI=1S/C17H21NO4/c1-10-7-12-9-14(22-13(12)8-11(10)2)15(19)18-17(16(20)21)5-3-4-6-17/h7-8,14H,3-6,9H2,1-2H3,(H,18,19)(H,20,21). The first-order chi connectivity index (χ1) is 10.4. The molecule has 0 radical (unpaired) electrons. The van der Waals surface area contributed by atoms with E-state index in [0.29, 0.717) is 19.3 Å². The highest BCUT2D eigenvalue weighted by atomic mass is 16.5. The van der Waals surface area contributed by atoms with Crippen LogP contribution in [-0.4, -0.2) is 28.6 Å². The monoisotopic (exact) mass is 303 g/mol. The first-order valence-electron chi connectivity index (χ1n) is 7.73. The highest BCUT2D eigenvalue weighted by Gasteiger charge is 2.44. The molecule has 2 N–H and O–H groups in total. The van der Waals surface area contributed by atoms with Crippen molar-refractivity contribution in [3.05, 3.63) is 28.8 Å². The predicted molar refractivity (Wildman–Crippen MR) is 81.0 cm³/mol. The molecule has 1 aromatic rings. The second-order valence-corrected chi connectivity index (χ2v) is 6.44. The molecule has 0 aromatic heterocycles. The number of carbonyl (C=O) groups is 2. The number of carboxylic acid groups (broad SMARTS) is 1. The number of nitrogens with one attached hydrogen (secondary N) is 1. The quantitative estimate of drug-likeness (QED) is 0.897. The third-order valence-electron chi connectivity index (χ3n) is 4.87. The van der Waals surface area contributed by atoms with Gasteiger partial charge in [0.05, 0.1) is 0 Å². The van der Waals surface area contributed by atoms with Gasteiger partial charge in [0.25, 0.3) is 5.91 Å². The van der Waals surface area contributed by atoms with Crippen LogP contribution in [0.15, 0.2) is 12.1 Å². The van der Waals surface area contributed by atoms with E-state index in [1.165, 1.54) is 5.56 Å². The topological polar surface area (TPSA) is 75.6 Å². The highest BCUT2D eigenvalue weighted by molar-refractivity contribution is 5.90. The van der Waals surface area contributed by atoms with Gasteiger partial charge in [-0.25, -0.2) is 4.79 Å². The van der Waals surface area contributed by atoms with Gasteiger partial charge in [-0.1, -0.05) is 18.9 Å². The molecule has 1 heterocycles. The van der Waals surface area contributed by atoms with Crippen LogP contribution in [0.1, 0.15) is 42.4 Å². The van der Waals surface area contributed by atoms with Crippen LogP contribution < -0.4 is 10.1 Å². The van der Waals surface area contributed by atoms with Crippen molar-refractivity contribution in [3.8, 4) is 5.75 Å². The van der Waals surface area contributed by atoms with Crippen LogP contribution in [-0.2, 0) is 16.0 Å². The number of benzene rings is 1. The van der Waals surface area contributed by atoms with Gasteiger partial charge in [0.2, 0.25) is 0 Å². The van der Waals surface area contributed by atoms with Crippen molar-refractivity contribution in [2.24, 2.45) is 0 Å². The fraction of sp³-hybridized carbons (Fsp3) is 0.529. The van der Waals surface area contributed by atoms with Crippen LogP contribution in [0.5, 0.6) is 5.75 Å². The number of hydrogen-bond donors (Lipinski definition) is 2. The van der Waals surface area contributed by atoms with E-state index in [-0.39, 0.29) is 5.91 Å². The Morgan fingerprint density at radius 1 is 1.23 bits per heavy atom. The van der Waals surface area contributed by atoms with Crippen LogP contribution in [0, 0.1) is 13.8 Å². The number of carbonyl (C=O) groups excluding carboxylic acids is 1. The second kappa shape index (κ2) is 5.30. The maximum atomic E-state index is 12.4. The summed E-state index contributed by atoms with van der Waals surface area (Å²) in [5.41, 5.74) is 2.19. The number of aryl methyl sites for hydroxylation is 2. The van der Waals surface area contributed by atoms with E-state index >= 15 is 0 Å². The lowest BCUT2D eigenvalue weighted by Crippen LogP contribution is -2.55. The van der Waals surface area contributed by atoms with Crippen molar-refractivity contribution in [3.63, 3.8) is 0 Å². The fourth-order valence-electron chi connectivity index (χ4n) is 3.35. The zero-order chi connectivity index (χ0) is 15.9. The Morgan fingerprint density at radius 2 is 1.86 bits per heavy atom. The van der Waals surface area contributed by atoms with Crippen molar-refractivity contribution < 1.29 is 19.4 Å². The predicted octanol–water partition coefficient (Wildman–Crippen LogP) is 2.12. The van der Waals surface area contributed by atoms with Gasteiger partial charge in [-0.2, -0.15) is 0 Å². The number of rotatable bonds is 3. The van der Waals surface area contributed by atoms with Crippen molar-refractivity contribution in [2.45, 2.75) is 57.6 Å². The van der Waals surface area contributed by atoms with E-state index in [2.05, 4.69) is 5.32 Å². The lowest BCUT2D eigenvalue weighted by atomic mass is 9.97. The second-order valence-electron chi connectivity index (χ2n) is 6.44. The van der Waals surface area contributed by atoms with Crippen LogP contribution in [0.25, 0.3) is 0 Å². The Bertz CT molecular complexity index is 601. The van der Waals surface area contributed by atoms with Gasteiger partial charge in [-0.05, 0) is 49.4 Å². The number of ether oxygens (including phenoxy) is 1. The SMILES string of the molecule is Cc1cc2c(cc1C)OC(C(=O)NC1(C(=O)O)CCCC1)C2. The molecule has 2 aliphatic rings. The van der Waals surface area contributed by atoms with E-state index in [9.17, 15) is 14.7 Å². The van der Waals surface area contributed by atoms with E-state index in [4.69, 9.17) is 4.74 Å². The molecule has 0 spiro atoms. The lowest BCUT2D eigenvalue weighted by molar-refractivity contribution is -0.148. The summed E-state index contributed by atoms with van der Waals surface area (Å²) in [4.78, 5) is 24.0. The highest BCUT2D eigenvalue weighted by Crippen LogP contribution is 2.33. The maximum Gasteiger partial charge on any atom is 0.329 e. The molecule has 1 atom stereocenters. The molecule has 3 rings (SSSR count). The zero-order valence-electron chi connectivity index (χ0n) is 12.9. The molecular weight excluding hydrogens is 282 g/mol. The molecule has 5 heteroatoms. The molecule has 1 saturated carbocycles. The van der Waals surface area contributed by atoms with Gasteiger partial charge in [-0.3, -0.25) is 4.79 Å². The molecule has 0 bridgehead atoms. The van der Waals surface area contributed by atoms with Crippen molar-refractivity contribution in [1.29, 1.82) is 0 Å². The van der Waals surface area contributed by atoms with Crippen LogP contribution in [0.4, 0.5) is 0 Å². The molecule has 5 nitrogen and oxygen atoms in total. The molecular formula is C17H21NO4. The summed E-state index contributed by atoms with van der Waals surface area (Å²) in [6.07, 6.45) is 2.51. The summed E-state index contributed by atoms with van der Waals surface area (Å²) in [6.45, 7) is 4.03. The Balaban J connectivity index is 1.74. The largest absolute Gasteiger partial charge is 0.480 e. The average Bonchev–Trinajstić information content (AvgIpc) is 3.07. The van der Waals surface area contributed by atoms with Crippen molar-refractivity contribution in [2.75, 3.05) is 0 Å². The fourth-order valence-corrected chi connectivity index (χ4v) is 3.35. The number of carboxylic acids is 1. The number of aliphatic carboxylic acids is 1. The smallest absolute Gasteiger partial charge is 0.329 e. The Hall–Kier alpha value is -2.04. The summed E-state index contributed by atoms with van der Waals surface area (Å²) in [7, 11) is 0. The Kier molecular flexibility index (Phi) is 3.59. The molecule has 1 aliphatic carbocycles. The van der Waals surface area contributed by atoms with Crippen LogP contribution in [0.2, 0.25) is 0 Å². The summed E-state index contributed by atoms with van der Waals surface area (Å²) in [5, 5.41) is 12.2. The minimum absolute atomic E-state index is 0.323. The van der Waals surface area contributed by atoms with E-state index in [0.717, 1.165) is 29.7 Å². The third kappa shape index (κ3) is 2.45. The number of fused-ring (bicyclic) bond motifs is 1. The Morgan fingerprint density at radius 3 is 2.50 bits per heavy atom. The number of hydrogen-bond acceptors (Lipinski definition) is 3. The molecule has 1 aliphatic heterocycles. The molecule has 22 heavy (non-hydrogen) atoms. The van der Waals surface area contributed by atoms with Gasteiger partial charge in [-0.15, -0.1) is 0 Å². The van der Waals surface area contributed by atoms with Gasteiger partial charge >= 0.3 is 5.97 Å². The minimum atomic E-state index is -1.11. The maximum absolute atomic E-state index is 12.4. The van der Waals surface area contributed by atoms with Gasteiger partial charge in [0, 0.05) is 6.42 Å². The van der Waals surface area contributed by atoms with Crippen LogP contribution in [0.3, 0.4) is 0 Å². The summed E-state index contributed by atoms with van der Waals surface area (Å²) in [6, 6.07) is 3.99. The molecule has 1 amide bonds. The summed E-state index contributed by atoms with van der Waals surface area (Å²) < 4.78 is 5.73. The van der Waals surface area contributed by atoms with E-state index < -0.39 is 17.6 Å². The molecule has 0 saturated heterocycles. The van der Waals surface area contributed by atoms with Gasteiger partial charge in [0.1, 0.15) is 11.3 Å². The average molecular weight is 303 g/mol. The third-order valence-corrected chi connectivity index (χ3v) is 4.87. The van der Waals surface area contributed by atoms with Gasteiger partial charge < -0.3 is 15.2 Å². The Labute approximate surface area is 129 Å². The van der Waals surface area contributed by atoms with E-state index in [1.807, 2.05) is 26.0 Å². The lowest BCUT2D eigenvalue weighted by Gasteiger charge is -2.26. The van der Waals surface area contributed by atoms with Crippen LogP contribution >= 0.6 is 0 Å². The first-order valence-corrected chi connectivity index (χ1v) is 7.73. The number of amides is 1. The summed E-state index contributed by atoms with van der Waals surface area (Å²) in [5.74, 6) is -0.532.